The molecule has 0 aliphatic heterocycles. The van der Waals surface area contributed by atoms with Crippen molar-refractivity contribution >= 4 is 16.5 Å². The molecule has 0 spiro atoms. The highest BCUT2D eigenvalue weighted by molar-refractivity contribution is 7.15. The molecule has 1 saturated carbocycles. The molecule has 0 saturated heterocycles. The van der Waals surface area contributed by atoms with Crippen LogP contribution in [0.3, 0.4) is 0 Å². The first-order valence-electron chi connectivity index (χ1n) is 7.68. The molecule has 0 radical (unpaired) electrons. The second-order valence-electron chi connectivity index (χ2n) is 5.94. The Balaban J connectivity index is 1.96. The molecular formula is C15H28N4S. The predicted octanol–water partition coefficient (Wildman–Crippen LogP) is 2.52. The SMILES string of the molecule is CCNCc1sc(N(C)CCCN(C)C)nc1C1CC1. The number of hydrogen-bond donors (Lipinski definition) is 1. The fraction of sp³-hybridized carbons (Fsp3) is 0.800. The lowest BCUT2D eigenvalue weighted by atomic mass is 10.2. The molecule has 1 fully saturated rings. The topological polar surface area (TPSA) is 31.4 Å². The number of nitrogens with one attached hydrogen (secondary N) is 1. The van der Waals surface area contributed by atoms with E-state index < -0.39 is 0 Å². The molecule has 0 unspecified atom stereocenters. The zero-order chi connectivity index (χ0) is 14.5. The van der Waals surface area contributed by atoms with Crippen molar-refractivity contribution in [2.24, 2.45) is 0 Å². The number of nitrogens with zero attached hydrogens (tertiary/aromatic N) is 3. The largest absolute Gasteiger partial charge is 0.351 e. The second kappa shape index (κ2) is 7.38. The van der Waals surface area contributed by atoms with Crippen LogP contribution in [0, 0.1) is 0 Å². The summed E-state index contributed by atoms with van der Waals surface area (Å²) in [5.41, 5.74) is 1.37. The highest BCUT2D eigenvalue weighted by Crippen LogP contribution is 2.44. The van der Waals surface area contributed by atoms with Crippen molar-refractivity contribution in [3.63, 3.8) is 0 Å². The van der Waals surface area contributed by atoms with Gasteiger partial charge in [0.1, 0.15) is 0 Å². The Morgan fingerprint density at radius 1 is 1.25 bits per heavy atom. The molecule has 1 heterocycles. The van der Waals surface area contributed by atoms with Gasteiger partial charge in [0.2, 0.25) is 0 Å². The van der Waals surface area contributed by atoms with Crippen molar-refractivity contribution in [2.75, 3.05) is 45.7 Å². The van der Waals surface area contributed by atoms with Gasteiger partial charge in [-0.3, -0.25) is 0 Å². The van der Waals surface area contributed by atoms with Crippen LogP contribution >= 0.6 is 11.3 Å². The van der Waals surface area contributed by atoms with E-state index in [4.69, 9.17) is 4.98 Å². The molecule has 0 bridgehead atoms. The summed E-state index contributed by atoms with van der Waals surface area (Å²) in [7, 11) is 6.43. The Kier molecular flexibility index (Phi) is 5.81. The molecule has 0 aromatic carbocycles. The highest BCUT2D eigenvalue weighted by atomic mass is 32.1. The molecule has 0 amide bonds. The van der Waals surface area contributed by atoms with Gasteiger partial charge in [-0.05, 0) is 46.4 Å². The van der Waals surface area contributed by atoms with Gasteiger partial charge in [-0.1, -0.05) is 6.92 Å². The minimum atomic E-state index is 0.740. The third-order valence-corrected chi connectivity index (χ3v) is 4.83. The highest BCUT2D eigenvalue weighted by Gasteiger charge is 2.29. The van der Waals surface area contributed by atoms with Crippen molar-refractivity contribution < 1.29 is 0 Å². The lowest BCUT2D eigenvalue weighted by Crippen LogP contribution is -2.23. The van der Waals surface area contributed by atoms with E-state index in [2.05, 4.69) is 43.2 Å². The van der Waals surface area contributed by atoms with Crippen LogP contribution in [0.4, 0.5) is 5.13 Å². The van der Waals surface area contributed by atoms with Crippen molar-refractivity contribution in [3.05, 3.63) is 10.6 Å². The summed E-state index contributed by atoms with van der Waals surface area (Å²) in [4.78, 5) is 10.9. The monoisotopic (exact) mass is 296 g/mol. The molecule has 1 aliphatic rings. The summed E-state index contributed by atoms with van der Waals surface area (Å²) in [5.74, 6) is 0.740. The summed E-state index contributed by atoms with van der Waals surface area (Å²) in [5, 5.41) is 4.64. The fourth-order valence-electron chi connectivity index (χ4n) is 2.27. The smallest absolute Gasteiger partial charge is 0.185 e. The summed E-state index contributed by atoms with van der Waals surface area (Å²) in [6.07, 6.45) is 3.84. The number of anilines is 1. The summed E-state index contributed by atoms with van der Waals surface area (Å²) < 4.78 is 0. The molecule has 2 rings (SSSR count). The second-order valence-corrected chi connectivity index (χ2v) is 7.00. The molecule has 1 N–H and O–H groups in total. The molecule has 5 heteroatoms. The van der Waals surface area contributed by atoms with Crippen LogP contribution in [0.2, 0.25) is 0 Å². The Bertz CT molecular complexity index is 412. The molecular weight excluding hydrogens is 268 g/mol. The van der Waals surface area contributed by atoms with Crippen LogP contribution in [-0.4, -0.2) is 50.7 Å². The van der Waals surface area contributed by atoms with E-state index in [1.807, 2.05) is 11.3 Å². The van der Waals surface area contributed by atoms with E-state index in [9.17, 15) is 0 Å². The molecule has 4 nitrogen and oxygen atoms in total. The van der Waals surface area contributed by atoms with E-state index >= 15 is 0 Å². The van der Waals surface area contributed by atoms with Crippen molar-refractivity contribution in [3.8, 4) is 0 Å². The van der Waals surface area contributed by atoms with Crippen LogP contribution in [-0.2, 0) is 6.54 Å². The van der Waals surface area contributed by atoms with Crippen LogP contribution in [0.15, 0.2) is 0 Å². The predicted molar refractivity (Wildman–Crippen MR) is 87.9 cm³/mol. The molecule has 0 atom stereocenters. The average molecular weight is 296 g/mol. The molecule has 1 aromatic heterocycles. The van der Waals surface area contributed by atoms with Crippen molar-refractivity contribution in [1.29, 1.82) is 0 Å². The first-order chi connectivity index (χ1) is 9.61. The Morgan fingerprint density at radius 2 is 2.00 bits per heavy atom. The number of hydrogen-bond acceptors (Lipinski definition) is 5. The standard InChI is InChI=1S/C15H28N4S/c1-5-16-11-13-14(12-7-8-12)17-15(20-13)19(4)10-6-9-18(2)3/h12,16H,5-11H2,1-4H3. The number of thiazole rings is 1. The minimum Gasteiger partial charge on any atom is -0.351 e. The lowest BCUT2D eigenvalue weighted by molar-refractivity contribution is 0.401. The Morgan fingerprint density at radius 3 is 2.60 bits per heavy atom. The van der Waals surface area contributed by atoms with E-state index in [1.165, 1.54) is 35.0 Å². The quantitative estimate of drug-likeness (QED) is 0.759. The van der Waals surface area contributed by atoms with E-state index in [1.54, 1.807) is 0 Å². The van der Waals surface area contributed by atoms with Crippen molar-refractivity contribution in [2.45, 2.75) is 38.6 Å². The maximum atomic E-state index is 4.91. The summed E-state index contributed by atoms with van der Waals surface area (Å²) in [6.45, 7) is 6.37. The van der Waals surface area contributed by atoms with E-state index in [-0.39, 0.29) is 0 Å². The van der Waals surface area contributed by atoms with Crippen LogP contribution in [0.25, 0.3) is 0 Å². The molecule has 114 valence electrons. The van der Waals surface area contributed by atoms with Gasteiger partial charge in [0, 0.05) is 30.9 Å². The first-order valence-corrected chi connectivity index (χ1v) is 8.49. The van der Waals surface area contributed by atoms with Gasteiger partial charge in [0.05, 0.1) is 5.69 Å². The number of aromatic nitrogens is 1. The van der Waals surface area contributed by atoms with Crippen LogP contribution in [0.1, 0.15) is 42.7 Å². The maximum absolute atomic E-state index is 4.91. The summed E-state index contributed by atoms with van der Waals surface area (Å²) in [6, 6.07) is 0. The minimum absolute atomic E-state index is 0.740. The van der Waals surface area contributed by atoms with Gasteiger partial charge in [-0.15, -0.1) is 11.3 Å². The number of rotatable bonds is 9. The van der Waals surface area contributed by atoms with Gasteiger partial charge in [0.25, 0.3) is 0 Å². The Hall–Kier alpha value is -0.650. The zero-order valence-corrected chi connectivity index (χ0v) is 14.1. The first kappa shape index (κ1) is 15.7. The summed E-state index contributed by atoms with van der Waals surface area (Å²) >= 11 is 1.87. The molecule has 1 aromatic rings. The van der Waals surface area contributed by atoms with Gasteiger partial charge in [-0.25, -0.2) is 4.98 Å². The third kappa shape index (κ3) is 4.43. The van der Waals surface area contributed by atoms with Gasteiger partial charge < -0.3 is 15.1 Å². The molecule has 20 heavy (non-hydrogen) atoms. The molecule has 1 aliphatic carbocycles. The fourth-order valence-corrected chi connectivity index (χ4v) is 3.38. The normalized spacial score (nSPS) is 15.1. The van der Waals surface area contributed by atoms with Gasteiger partial charge in [0.15, 0.2) is 5.13 Å². The average Bonchev–Trinajstić information content (AvgIpc) is 3.16. The van der Waals surface area contributed by atoms with E-state index in [0.29, 0.717) is 0 Å². The lowest BCUT2D eigenvalue weighted by Gasteiger charge is -2.17. The van der Waals surface area contributed by atoms with Gasteiger partial charge in [-0.2, -0.15) is 0 Å². The third-order valence-electron chi connectivity index (χ3n) is 3.64. The van der Waals surface area contributed by atoms with Crippen molar-refractivity contribution in [1.82, 2.24) is 15.2 Å². The van der Waals surface area contributed by atoms with E-state index in [0.717, 1.165) is 32.1 Å². The van der Waals surface area contributed by atoms with Crippen LogP contribution in [0.5, 0.6) is 0 Å². The maximum Gasteiger partial charge on any atom is 0.185 e. The Labute approximate surface area is 127 Å². The van der Waals surface area contributed by atoms with Crippen LogP contribution < -0.4 is 10.2 Å². The zero-order valence-electron chi connectivity index (χ0n) is 13.3. The van der Waals surface area contributed by atoms with Gasteiger partial charge >= 0.3 is 0 Å².